The number of hydrogen-bond donors (Lipinski definition) is 4. The Hall–Kier alpha value is -0.920. The molecule has 1 aliphatic rings. The largest absolute Gasteiger partial charge is 0.299 e. The van der Waals surface area contributed by atoms with E-state index in [1.807, 2.05) is 0 Å². The van der Waals surface area contributed by atoms with E-state index < -0.39 is 35.0 Å². The van der Waals surface area contributed by atoms with E-state index in [1.165, 1.54) is 12.3 Å². The molecular weight excluding hydrogens is 381 g/mol. The van der Waals surface area contributed by atoms with Gasteiger partial charge >= 0.3 is 0 Å². The smallest absolute Gasteiger partial charge is 0.294 e. The molecule has 0 aliphatic carbocycles. The van der Waals surface area contributed by atoms with Gasteiger partial charge in [-0.25, -0.2) is 0 Å². The number of hydrazine groups is 2. The zero-order chi connectivity index (χ0) is 16.8. The highest BCUT2D eigenvalue weighted by Crippen LogP contribution is 2.35. The summed E-state index contributed by atoms with van der Waals surface area (Å²) < 4.78 is 64.4. The number of nitrogens with one attached hydrogen (secondary N) is 2. The summed E-state index contributed by atoms with van der Waals surface area (Å²) in [5, 5.41) is 0. The summed E-state index contributed by atoms with van der Waals surface area (Å²) in [7, 11) is -9.33. The quantitative estimate of drug-likeness (QED) is 0.253. The van der Waals surface area contributed by atoms with Crippen molar-refractivity contribution in [2.24, 2.45) is 0 Å². The van der Waals surface area contributed by atoms with Gasteiger partial charge in [-0.1, -0.05) is 16.2 Å². The number of halogens is 2. The van der Waals surface area contributed by atoms with E-state index in [4.69, 9.17) is 27.9 Å². The Labute approximate surface area is 136 Å². The highest BCUT2D eigenvalue weighted by Gasteiger charge is 2.37. The molecular formula is C9H9Cl2N3O6S2. The molecule has 0 saturated carbocycles. The molecule has 22 heavy (non-hydrogen) atoms. The molecule has 9 nitrogen and oxygen atoms in total. The predicted molar refractivity (Wildman–Crippen MR) is 76.7 cm³/mol. The molecule has 0 radical (unpaired) electrons. The first-order chi connectivity index (χ1) is 9.93. The van der Waals surface area contributed by atoms with Crippen LogP contribution in [0.15, 0.2) is 40.3 Å². The highest BCUT2D eigenvalue weighted by atomic mass is 35.5. The van der Waals surface area contributed by atoms with E-state index in [0.717, 1.165) is 22.8 Å². The van der Waals surface area contributed by atoms with Gasteiger partial charge in [-0.15, -0.1) is 0 Å². The summed E-state index contributed by atoms with van der Waals surface area (Å²) in [6.45, 7) is 0. The molecule has 0 amide bonds. The monoisotopic (exact) mass is 389 g/mol. The van der Waals surface area contributed by atoms with Crippen molar-refractivity contribution in [2.75, 3.05) is 0 Å². The van der Waals surface area contributed by atoms with Crippen LogP contribution in [0.1, 0.15) is 5.56 Å². The zero-order valence-corrected chi connectivity index (χ0v) is 13.6. The van der Waals surface area contributed by atoms with E-state index in [0.29, 0.717) is 0 Å². The maximum Gasteiger partial charge on any atom is 0.294 e. The van der Waals surface area contributed by atoms with Crippen LogP contribution < -0.4 is 10.9 Å². The van der Waals surface area contributed by atoms with Crippen molar-refractivity contribution in [3.8, 4) is 0 Å². The van der Waals surface area contributed by atoms with Crippen LogP contribution in [0.3, 0.4) is 0 Å². The Morgan fingerprint density at radius 2 is 1.77 bits per heavy atom. The molecule has 2 rings (SSSR count). The second-order valence-electron chi connectivity index (χ2n) is 4.17. The molecule has 122 valence electrons. The van der Waals surface area contributed by atoms with E-state index in [9.17, 15) is 21.4 Å². The summed E-state index contributed by atoms with van der Waals surface area (Å²) in [6.07, 6.45) is 2.48. The Morgan fingerprint density at radius 1 is 1.14 bits per heavy atom. The number of nitrogens with zero attached hydrogens (tertiary/aromatic N) is 1. The van der Waals surface area contributed by atoms with Crippen molar-refractivity contribution < 1.29 is 25.9 Å². The number of benzene rings is 1. The van der Waals surface area contributed by atoms with Crippen LogP contribution in [0.2, 0.25) is 0 Å². The average molecular weight is 390 g/mol. The summed E-state index contributed by atoms with van der Waals surface area (Å²) in [5.74, 6) is 0. The van der Waals surface area contributed by atoms with E-state index >= 15 is 0 Å². The van der Waals surface area contributed by atoms with Crippen molar-refractivity contribution in [1.82, 2.24) is 15.5 Å². The van der Waals surface area contributed by atoms with Crippen molar-refractivity contribution in [3.05, 3.63) is 36.0 Å². The fourth-order valence-corrected chi connectivity index (χ4v) is 3.60. The van der Waals surface area contributed by atoms with Crippen LogP contribution in [-0.4, -0.2) is 30.6 Å². The Balaban J connectivity index is 2.76. The van der Waals surface area contributed by atoms with Crippen LogP contribution in [0.4, 0.5) is 0 Å². The number of rotatable bonds is 3. The SMILES string of the molecule is O=S(=O)(O)c1ccc(S(=O)(=O)O)c(C2(Cl)C=CNN(Cl)N2)c1. The van der Waals surface area contributed by atoms with E-state index in [2.05, 4.69) is 10.9 Å². The van der Waals surface area contributed by atoms with Crippen LogP contribution >= 0.6 is 23.4 Å². The molecule has 13 heteroatoms. The van der Waals surface area contributed by atoms with Gasteiger partial charge in [0.2, 0.25) is 0 Å². The van der Waals surface area contributed by atoms with Gasteiger partial charge in [0.05, 0.1) is 4.90 Å². The number of alkyl halides is 1. The third-order valence-electron chi connectivity index (χ3n) is 2.68. The van der Waals surface area contributed by atoms with Crippen molar-refractivity contribution in [1.29, 1.82) is 0 Å². The molecule has 1 aromatic carbocycles. The normalized spacial score (nSPS) is 23.3. The molecule has 1 unspecified atom stereocenters. The predicted octanol–water partition coefficient (Wildman–Crippen LogP) is 0.564. The van der Waals surface area contributed by atoms with Gasteiger partial charge in [0.15, 0.2) is 5.00 Å². The van der Waals surface area contributed by atoms with Crippen LogP contribution in [-0.2, 0) is 25.2 Å². The molecule has 0 fully saturated rings. The van der Waals surface area contributed by atoms with Gasteiger partial charge < -0.3 is 0 Å². The second kappa shape index (κ2) is 5.62. The van der Waals surface area contributed by atoms with Crippen molar-refractivity contribution >= 4 is 43.6 Å². The molecule has 0 bridgehead atoms. The fraction of sp³-hybridized carbons (Fsp3) is 0.111. The van der Waals surface area contributed by atoms with Gasteiger partial charge in [-0.05, 0) is 24.3 Å². The van der Waals surface area contributed by atoms with Crippen LogP contribution in [0.5, 0.6) is 0 Å². The second-order valence-corrected chi connectivity index (χ2v) is 7.92. The molecule has 1 aromatic rings. The third-order valence-corrected chi connectivity index (χ3v) is 5.04. The van der Waals surface area contributed by atoms with Crippen molar-refractivity contribution in [2.45, 2.75) is 14.8 Å². The topological polar surface area (TPSA) is 136 Å². The summed E-state index contributed by atoms with van der Waals surface area (Å²) in [4.78, 5) is -3.05. The first-order valence-corrected chi connectivity index (χ1v) is 8.99. The minimum absolute atomic E-state index is 0.352. The molecule has 1 aliphatic heterocycles. The maximum atomic E-state index is 11.5. The Bertz CT molecular complexity index is 841. The van der Waals surface area contributed by atoms with Gasteiger partial charge in [-0.3, -0.25) is 14.5 Å². The average Bonchev–Trinajstić information content (AvgIpc) is 2.35. The van der Waals surface area contributed by atoms with Gasteiger partial charge in [0.1, 0.15) is 4.90 Å². The maximum absolute atomic E-state index is 11.5. The van der Waals surface area contributed by atoms with Gasteiger partial charge in [0, 0.05) is 23.5 Å². The minimum Gasteiger partial charge on any atom is -0.299 e. The summed E-state index contributed by atoms with van der Waals surface area (Å²) in [5.41, 5.74) is 4.52. The minimum atomic E-state index is -4.72. The van der Waals surface area contributed by atoms with Crippen LogP contribution in [0, 0.1) is 0 Å². The van der Waals surface area contributed by atoms with E-state index in [1.54, 1.807) is 0 Å². The van der Waals surface area contributed by atoms with Gasteiger partial charge in [-0.2, -0.15) is 22.3 Å². The first-order valence-electron chi connectivity index (χ1n) is 5.39. The summed E-state index contributed by atoms with van der Waals surface area (Å²) in [6, 6.07) is 2.41. The lowest BCUT2D eigenvalue weighted by atomic mass is 10.1. The molecule has 0 spiro atoms. The van der Waals surface area contributed by atoms with Gasteiger partial charge in [0.25, 0.3) is 20.2 Å². The third kappa shape index (κ3) is 3.52. The standard InChI is InChI=1S/C9H9Cl2N3O6S2/c10-9(3-4-12-14(11)13-9)7-5-6(21(15,16)17)1-2-8(7)22(18,19)20/h1-5,12-13H,(H,15,16,17)(H,18,19,20). The van der Waals surface area contributed by atoms with E-state index in [-0.39, 0.29) is 5.56 Å². The highest BCUT2D eigenvalue weighted by molar-refractivity contribution is 7.86. The number of hydrogen-bond acceptors (Lipinski definition) is 7. The lowest BCUT2D eigenvalue weighted by Crippen LogP contribution is -2.51. The molecule has 0 aromatic heterocycles. The van der Waals surface area contributed by atoms with Crippen LogP contribution in [0.25, 0.3) is 0 Å². The fourth-order valence-electron chi connectivity index (χ4n) is 1.76. The molecule has 0 saturated heterocycles. The molecule has 4 N–H and O–H groups in total. The molecule has 1 atom stereocenters. The lowest BCUT2D eigenvalue weighted by Gasteiger charge is -2.33. The summed E-state index contributed by atoms with van der Waals surface area (Å²) >= 11 is 11.9. The lowest BCUT2D eigenvalue weighted by molar-refractivity contribution is 0.222. The first kappa shape index (κ1) is 17.4. The Kier molecular flexibility index (Phi) is 4.45. The van der Waals surface area contributed by atoms with Crippen molar-refractivity contribution in [3.63, 3.8) is 0 Å². The Morgan fingerprint density at radius 3 is 2.27 bits per heavy atom. The zero-order valence-electron chi connectivity index (χ0n) is 10.4. The molecule has 1 heterocycles.